The zero-order valence-electron chi connectivity index (χ0n) is 17.0. The molecular formula is C20H32ClN3O2. The first-order valence-electron chi connectivity index (χ1n) is 9.13. The van der Waals surface area contributed by atoms with Crippen LogP contribution < -0.4 is 10.1 Å². The number of halogens is 1. The Morgan fingerprint density at radius 3 is 2.69 bits per heavy atom. The Balaban J connectivity index is 2.10. The maximum absolute atomic E-state index is 12.9. The van der Waals surface area contributed by atoms with E-state index in [9.17, 15) is 4.79 Å². The number of ether oxygens (including phenoxy) is 1. The van der Waals surface area contributed by atoms with Gasteiger partial charge in [-0.25, -0.2) is 4.79 Å². The molecule has 1 heterocycles. The molecule has 1 aliphatic heterocycles. The lowest BCUT2D eigenvalue weighted by Gasteiger charge is -2.47. The van der Waals surface area contributed by atoms with E-state index < -0.39 is 0 Å². The van der Waals surface area contributed by atoms with Gasteiger partial charge in [-0.1, -0.05) is 31.5 Å². The molecule has 146 valence electrons. The van der Waals surface area contributed by atoms with Gasteiger partial charge < -0.3 is 19.9 Å². The number of hydrogen-bond acceptors (Lipinski definition) is 3. The topological polar surface area (TPSA) is 44.8 Å². The lowest BCUT2D eigenvalue weighted by molar-refractivity contribution is 0.0445. The van der Waals surface area contributed by atoms with Gasteiger partial charge in [0.1, 0.15) is 5.75 Å². The summed E-state index contributed by atoms with van der Waals surface area (Å²) in [6, 6.07) is 3.84. The number of likely N-dealkylation sites (tertiary alicyclic amines) is 1. The Labute approximate surface area is 162 Å². The molecule has 1 unspecified atom stereocenters. The fourth-order valence-corrected chi connectivity index (χ4v) is 4.39. The third-order valence-corrected chi connectivity index (χ3v) is 6.04. The molecule has 2 amide bonds. The van der Waals surface area contributed by atoms with E-state index in [0.717, 1.165) is 30.6 Å². The van der Waals surface area contributed by atoms with Crippen LogP contribution in [0.15, 0.2) is 12.1 Å². The highest BCUT2D eigenvalue weighted by Gasteiger charge is 2.39. The summed E-state index contributed by atoms with van der Waals surface area (Å²) >= 11 is 6.36. The van der Waals surface area contributed by atoms with Crippen molar-refractivity contribution >= 4 is 17.6 Å². The van der Waals surface area contributed by atoms with Gasteiger partial charge in [-0.05, 0) is 56.5 Å². The number of nitrogens with one attached hydrogen (secondary N) is 1. The average Bonchev–Trinajstić information content (AvgIpc) is 2.55. The quantitative estimate of drug-likeness (QED) is 0.854. The smallest absolute Gasteiger partial charge is 0.317 e. The Morgan fingerprint density at radius 2 is 2.12 bits per heavy atom. The van der Waals surface area contributed by atoms with Gasteiger partial charge in [0.25, 0.3) is 0 Å². The number of urea groups is 1. The lowest BCUT2D eigenvalue weighted by atomic mass is 9.78. The maximum Gasteiger partial charge on any atom is 0.317 e. The van der Waals surface area contributed by atoms with Crippen LogP contribution in [0.2, 0.25) is 5.02 Å². The molecule has 0 spiro atoms. The molecule has 1 aromatic rings. The second-order valence-electron chi connectivity index (χ2n) is 8.11. The van der Waals surface area contributed by atoms with Gasteiger partial charge in [0.15, 0.2) is 0 Å². The summed E-state index contributed by atoms with van der Waals surface area (Å²) in [5.41, 5.74) is 1.99. The van der Waals surface area contributed by atoms with Crippen molar-refractivity contribution < 1.29 is 9.53 Å². The third-order valence-electron chi connectivity index (χ3n) is 5.57. The zero-order valence-corrected chi connectivity index (χ0v) is 17.8. The van der Waals surface area contributed by atoms with Gasteiger partial charge in [0.2, 0.25) is 0 Å². The monoisotopic (exact) mass is 381 g/mol. The van der Waals surface area contributed by atoms with Gasteiger partial charge >= 0.3 is 6.03 Å². The minimum absolute atomic E-state index is 0.0496. The Bertz CT molecular complexity index is 663. The van der Waals surface area contributed by atoms with Crippen LogP contribution in [0.3, 0.4) is 0 Å². The minimum Gasteiger partial charge on any atom is -0.495 e. The van der Waals surface area contributed by atoms with Crippen molar-refractivity contribution in [1.82, 2.24) is 15.1 Å². The van der Waals surface area contributed by atoms with Crippen LogP contribution in [-0.2, 0) is 0 Å². The van der Waals surface area contributed by atoms with Crippen LogP contribution in [0.1, 0.15) is 44.4 Å². The van der Waals surface area contributed by atoms with Crippen molar-refractivity contribution in [1.29, 1.82) is 0 Å². The molecule has 1 N–H and O–H groups in total. The van der Waals surface area contributed by atoms with Crippen molar-refractivity contribution in [2.75, 3.05) is 34.3 Å². The van der Waals surface area contributed by atoms with Crippen molar-refractivity contribution in [2.45, 2.75) is 46.2 Å². The van der Waals surface area contributed by atoms with E-state index in [2.05, 4.69) is 31.1 Å². The molecule has 26 heavy (non-hydrogen) atoms. The summed E-state index contributed by atoms with van der Waals surface area (Å²) in [6.45, 7) is 10.4. The predicted octanol–water partition coefficient (Wildman–Crippen LogP) is 4.09. The summed E-state index contributed by atoms with van der Waals surface area (Å²) in [5.74, 6) is 0.650. The molecule has 0 aromatic heterocycles. The fourth-order valence-electron chi connectivity index (χ4n) is 4.14. The van der Waals surface area contributed by atoms with E-state index >= 15 is 0 Å². The summed E-state index contributed by atoms with van der Waals surface area (Å²) in [4.78, 5) is 17.1. The van der Waals surface area contributed by atoms with Crippen molar-refractivity contribution in [2.24, 2.45) is 5.41 Å². The molecule has 0 aliphatic carbocycles. The molecule has 6 heteroatoms. The van der Waals surface area contributed by atoms with Crippen molar-refractivity contribution in [3.8, 4) is 5.75 Å². The van der Waals surface area contributed by atoms with Crippen molar-refractivity contribution in [3.63, 3.8) is 0 Å². The van der Waals surface area contributed by atoms with Gasteiger partial charge in [-0.2, -0.15) is 0 Å². The van der Waals surface area contributed by atoms with Gasteiger partial charge in [-0.3, -0.25) is 0 Å². The number of carbonyl (C=O) groups is 1. The number of nitrogens with zero attached hydrogens (tertiary/aromatic N) is 2. The number of amides is 2. The van der Waals surface area contributed by atoms with Crippen LogP contribution in [0.4, 0.5) is 4.79 Å². The summed E-state index contributed by atoms with van der Waals surface area (Å²) < 4.78 is 5.26. The maximum atomic E-state index is 12.9. The SMILES string of the molecule is COc1ccc([C@@H](C)NC(=O)N(C)C2CCN(C)CC2(C)C)c(C)c1Cl. The summed E-state index contributed by atoms with van der Waals surface area (Å²) in [7, 11) is 5.63. The number of methoxy groups -OCH3 is 1. The molecule has 1 aliphatic rings. The molecule has 1 saturated heterocycles. The molecule has 1 fully saturated rings. The first-order chi connectivity index (χ1) is 12.1. The van der Waals surface area contributed by atoms with E-state index in [-0.39, 0.29) is 23.5 Å². The molecule has 0 bridgehead atoms. The van der Waals surface area contributed by atoms with Gasteiger partial charge in [0.05, 0.1) is 18.2 Å². The highest BCUT2D eigenvalue weighted by Crippen LogP contribution is 2.34. The second kappa shape index (κ2) is 8.05. The van der Waals surface area contributed by atoms with E-state index in [1.165, 1.54) is 0 Å². The lowest BCUT2D eigenvalue weighted by Crippen LogP contribution is -2.57. The molecule has 0 radical (unpaired) electrons. The normalized spacial score (nSPS) is 21.2. The van der Waals surface area contributed by atoms with E-state index in [4.69, 9.17) is 16.3 Å². The van der Waals surface area contributed by atoms with Crippen molar-refractivity contribution in [3.05, 3.63) is 28.3 Å². The third kappa shape index (κ3) is 4.26. The number of hydrogen-bond donors (Lipinski definition) is 1. The molecule has 0 saturated carbocycles. The van der Waals surface area contributed by atoms with Crippen LogP contribution in [-0.4, -0.2) is 56.2 Å². The van der Waals surface area contributed by atoms with Crippen LogP contribution in [0.5, 0.6) is 5.75 Å². The van der Waals surface area contributed by atoms with Crippen LogP contribution in [0, 0.1) is 12.3 Å². The molecular weight excluding hydrogens is 350 g/mol. The van der Waals surface area contributed by atoms with E-state index in [0.29, 0.717) is 10.8 Å². The number of benzene rings is 1. The summed E-state index contributed by atoms with van der Waals surface area (Å²) in [5, 5.41) is 3.72. The molecule has 1 aromatic carbocycles. The van der Waals surface area contributed by atoms with Crippen LogP contribution >= 0.6 is 11.6 Å². The van der Waals surface area contributed by atoms with Gasteiger partial charge in [-0.15, -0.1) is 0 Å². The number of rotatable bonds is 4. The largest absolute Gasteiger partial charge is 0.495 e. The molecule has 5 nitrogen and oxygen atoms in total. The highest BCUT2D eigenvalue weighted by atomic mass is 35.5. The second-order valence-corrected chi connectivity index (χ2v) is 8.49. The molecule has 2 atom stereocenters. The standard InChI is InChI=1S/C20H32ClN3O2/c1-13-15(8-9-16(26-7)18(13)21)14(2)22-19(25)24(6)17-10-11-23(5)12-20(17,3)4/h8-9,14,17H,10-12H2,1-7H3,(H,22,25)/t14-,17?/m1/s1. The molecule has 2 rings (SSSR count). The predicted molar refractivity (Wildman–Crippen MR) is 107 cm³/mol. The number of piperidine rings is 1. The zero-order chi connectivity index (χ0) is 19.6. The Morgan fingerprint density at radius 1 is 1.46 bits per heavy atom. The van der Waals surface area contributed by atoms with E-state index in [1.54, 1.807) is 7.11 Å². The average molecular weight is 382 g/mol. The Kier molecular flexibility index (Phi) is 6.46. The first kappa shape index (κ1) is 20.8. The van der Waals surface area contributed by atoms with Crippen LogP contribution in [0.25, 0.3) is 0 Å². The van der Waals surface area contributed by atoms with Gasteiger partial charge in [0, 0.05) is 19.6 Å². The first-order valence-corrected chi connectivity index (χ1v) is 9.51. The number of carbonyl (C=O) groups excluding carboxylic acids is 1. The minimum atomic E-state index is -0.136. The van der Waals surface area contributed by atoms with E-state index in [1.807, 2.05) is 37.9 Å². The summed E-state index contributed by atoms with van der Waals surface area (Å²) in [6.07, 6.45) is 0.981. The fraction of sp³-hybridized carbons (Fsp3) is 0.650. The Hall–Kier alpha value is -1.46. The highest BCUT2D eigenvalue weighted by molar-refractivity contribution is 6.32.